The molecule has 0 aliphatic rings. The number of halogens is 6. The van der Waals surface area contributed by atoms with Crippen LogP contribution in [-0.2, 0) is 6.18 Å². The molecule has 1 heterocycles. The summed E-state index contributed by atoms with van der Waals surface area (Å²) in [5.41, 5.74) is -0.621. The van der Waals surface area contributed by atoms with E-state index in [0.717, 1.165) is 6.07 Å². The summed E-state index contributed by atoms with van der Waals surface area (Å²) in [6, 6.07) is 7.13. The van der Waals surface area contributed by atoms with E-state index in [9.17, 15) is 18.4 Å². The topological polar surface area (TPSA) is 36.7 Å². The standard InChI is InChI=1S/C14H6Cl3F3N2/c15-8-1-2-9(11(16)4-8)10(5-21)13-12(17)3-7(6-22-13)14(18,19)20/h1-4,6,10H/t10-/m1/s1. The van der Waals surface area contributed by atoms with Crippen LogP contribution in [0, 0.1) is 11.3 Å². The van der Waals surface area contributed by atoms with E-state index in [2.05, 4.69) is 4.98 Å². The van der Waals surface area contributed by atoms with Gasteiger partial charge in [-0.05, 0) is 23.8 Å². The van der Waals surface area contributed by atoms with E-state index >= 15 is 0 Å². The fraction of sp³-hybridized carbons (Fsp3) is 0.143. The van der Waals surface area contributed by atoms with Gasteiger partial charge in [-0.1, -0.05) is 40.9 Å². The van der Waals surface area contributed by atoms with Crippen LogP contribution >= 0.6 is 34.8 Å². The average Bonchev–Trinajstić information content (AvgIpc) is 2.42. The zero-order valence-electron chi connectivity index (χ0n) is 10.6. The zero-order valence-corrected chi connectivity index (χ0v) is 12.9. The molecule has 0 N–H and O–H groups in total. The van der Waals surface area contributed by atoms with Gasteiger partial charge in [0.15, 0.2) is 0 Å². The second-order valence-corrected chi connectivity index (χ2v) is 5.57. The summed E-state index contributed by atoms with van der Waals surface area (Å²) < 4.78 is 37.8. The van der Waals surface area contributed by atoms with Crippen LogP contribution in [0.5, 0.6) is 0 Å². The number of pyridine rings is 1. The molecule has 2 nitrogen and oxygen atoms in total. The molecule has 8 heteroatoms. The van der Waals surface area contributed by atoms with Gasteiger partial charge < -0.3 is 0 Å². The van der Waals surface area contributed by atoms with E-state index < -0.39 is 17.7 Å². The molecular formula is C14H6Cl3F3N2. The molecule has 0 saturated heterocycles. The van der Waals surface area contributed by atoms with Crippen LogP contribution in [0.1, 0.15) is 22.7 Å². The van der Waals surface area contributed by atoms with E-state index in [1.54, 1.807) is 0 Å². The van der Waals surface area contributed by atoms with Crippen LogP contribution in [0.2, 0.25) is 15.1 Å². The first-order valence-electron chi connectivity index (χ1n) is 5.81. The van der Waals surface area contributed by atoms with Crippen LogP contribution in [0.3, 0.4) is 0 Å². The molecular weight excluding hydrogens is 360 g/mol. The van der Waals surface area contributed by atoms with Crippen molar-refractivity contribution in [1.29, 1.82) is 5.26 Å². The Labute approximate surface area is 139 Å². The van der Waals surface area contributed by atoms with Crippen LogP contribution in [-0.4, -0.2) is 4.98 Å². The smallest absolute Gasteiger partial charge is 0.257 e. The van der Waals surface area contributed by atoms with E-state index in [4.69, 9.17) is 34.8 Å². The fourth-order valence-electron chi connectivity index (χ4n) is 1.83. The Morgan fingerprint density at radius 2 is 1.77 bits per heavy atom. The predicted octanol–water partition coefficient (Wildman–Crippen LogP) is 5.72. The number of aromatic nitrogens is 1. The highest BCUT2D eigenvalue weighted by molar-refractivity contribution is 6.35. The normalized spacial score (nSPS) is 12.8. The summed E-state index contributed by atoms with van der Waals surface area (Å²) in [5.74, 6) is -1.00. The molecule has 22 heavy (non-hydrogen) atoms. The first kappa shape index (κ1) is 16.9. The Morgan fingerprint density at radius 3 is 2.27 bits per heavy atom. The van der Waals surface area contributed by atoms with Crippen molar-refractivity contribution in [2.75, 3.05) is 0 Å². The molecule has 0 saturated carbocycles. The molecule has 0 radical (unpaired) electrons. The van der Waals surface area contributed by atoms with Gasteiger partial charge in [-0.25, -0.2) is 0 Å². The zero-order chi connectivity index (χ0) is 16.5. The number of hydrogen-bond acceptors (Lipinski definition) is 2. The van der Waals surface area contributed by atoms with Crippen LogP contribution in [0.4, 0.5) is 13.2 Å². The molecule has 2 aromatic rings. The number of nitriles is 1. The van der Waals surface area contributed by atoms with Crippen molar-refractivity contribution in [1.82, 2.24) is 4.98 Å². The first-order valence-corrected chi connectivity index (χ1v) is 6.94. The Hall–Kier alpha value is -1.48. The summed E-state index contributed by atoms with van der Waals surface area (Å²) in [6.07, 6.45) is -3.93. The maximum Gasteiger partial charge on any atom is 0.417 e. The third kappa shape index (κ3) is 3.46. The monoisotopic (exact) mass is 364 g/mol. The van der Waals surface area contributed by atoms with Gasteiger partial charge in [0, 0.05) is 16.2 Å². The van der Waals surface area contributed by atoms with Gasteiger partial charge >= 0.3 is 6.18 Å². The SMILES string of the molecule is N#C[C@H](c1ccc(Cl)cc1Cl)c1ncc(C(F)(F)F)cc1Cl. The van der Waals surface area contributed by atoms with E-state index in [1.165, 1.54) is 18.2 Å². The molecule has 1 atom stereocenters. The van der Waals surface area contributed by atoms with Crippen LogP contribution in [0.15, 0.2) is 30.5 Å². The average molecular weight is 366 g/mol. The summed E-state index contributed by atoms with van der Waals surface area (Å²) in [7, 11) is 0. The molecule has 1 aromatic carbocycles. The molecule has 0 amide bonds. The Bertz CT molecular complexity index is 754. The third-order valence-corrected chi connectivity index (χ3v) is 3.74. The van der Waals surface area contributed by atoms with Crippen molar-refractivity contribution in [3.05, 3.63) is 62.4 Å². The van der Waals surface area contributed by atoms with Crippen molar-refractivity contribution in [3.8, 4) is 6.07 Å². The van der Waals surface area contributed by atoms with Gasteiger partial charge in [-0.3, -0.25) is 4.98 Å². The Balaban J connectivity index is 2.51. The molecule has 0 aliphatic heterocycles. The minimum atomic E-state index is -4.56. The number of hydrogen-bond donors (Lipinski definition) is 0. The van der Waals surface area contributed by atoms with Crippen molar-refractivity contribution in [2.24, 2.45) is 0 Å². The van der Waals surface area contributed by atoms with Gasteiger partial charge in [0.1, 0.15) is 5.92 Å². The van der Waals surface area contributed by atoms with Crippen LogP contribution in [0.25, 0.3) is 0 Å². The number of alkyl halides is 3. The summed E-state index contributed by atoms with van der Waals surface area (Å²) in [4.78, 5) is 3.69. The highest BCUT2D eigenvalue weighted by Crippen LogP contribution is 2.36. The molecule has 1 aromatic heterocycles. The van der Waals surface area contributed by atoms with E-state index in [1.807, 2.05) is 6.07 Å². The number of rotatable bonds is 2. The van der Waals surface area contributed by atoms with Gasteiger partial charge in [0.05, 0.1) is 22.3 Å². The van der Waals surface area contributed by atoms with Gasteiger partial charge in [-0.2, -0.15) is 18.4 Å². The molecule has 0 spiro atoms. The summed E-state index contributed by atoms with van der Waals surface area (Å²) >= 11 is 17.7. The van der Waals surface area contributed by atoms with Gasteiger partial charge in [-0.15, -0.1) is 0 Å². The maximum absolute atomic E-state index is 12.6. The van der Waals surface area contributed by atoms with Crippen molar-refractivity contribution >= 4 is 34.8 Å². The van der Waals surface area contributed by atoms with E-state index in [0.29, 0.717) is 16.8 Å². The highest BCUT2D eigenvalue weighted by atomic mass is 35.5. The third-order valence-electron chi connectivity index (χ3n) is 2.87. The van der Waals surface area contributed by atoms with Crippen LogP contribution < -0.4 is 0 Å². The molecule has 114 valence electrons. The highest BCUT2D eigenvalue weighted by Gasteiger charge is 2.32. The largest absolute Gasteiger partial charge is 0.417 e. The lowest BCUT2D eigenvalue weighted by atomic mass is 9.96. The number of nitrogens with zero attached hydrogens (tertiary/aromatic N) is 2. The summed E-state index contributed by atoms with van der Waals surface area (Å²) in [6.45, 7) is 0. The lowest BCUT2D eigenvalue weighted by Crippen LogP contribution is -2.09. The lowest BCUT2D eigenvalue weighted by molar-refractivity contribution is -0.137. The molecule has 2 rings (SSSR count). The predicted molar refractivity (Wildman–Crippen MR) is 78.2 cm³/mol. The van der Waals surface area contributed by atoms with Gasteiger partial charge in [0.25, 0.3) is 0 Å². The van der Waals surface area contributed by atoms with Crippen molar-refractivity contribution in [2.45, 2.75) is 12.1 Å². The molecule has 0 fully saturated rings. The lowest BCUT2D eigenvalue weighted by Gasteiger charge is -2.14. The Kier molecular flexibility index (Phi) is 4.86. The minimum Gasteiger partial charge on any atom is -0.257 e. The first-order chi connectivity index (χ1) is 10.2. The second kappa shape index (κ2) is 6.33. The second-order valence-electron chi connectivity index (χ2n) is 4.32. The molecule has 0 unspecified atom stereocenters. The molecule has 0 bridgehead atoms. The Morgan fingerprint density at radius 1 is 1.09 bits per heavy atom. The molecule has 0 aliphatic carbocycles. The van der Waals surface area contributed by atoms with Gasteiger partial charge in [0.2, 0.25) is 0 Å². The summed E-state index contributed by atoms with van der Waals surface area (Å²) in [5, 5.41) is 9.64. The number of benzene rings is 1. The van der Waals surface area contributed by atoms with Crippen molar-refractivity contribution in [3.63, 3.8) is 0 Å². The van der Waals surface area contributed by atoms with E-state index in [-0.39, 0.29) is 15.7 Å². The minimum absolute atomic E-state index is 0.00129. The maximum atomic E-state index is 12.6. The van der Waals surface area contributed by atoms with Crippen molar-refractivity contribution < 1.29 is 13.2 Å². The quantitative estimate of drug-likeness (QED) is 0.683. The fourth-order valence-corrected chi connectivity index (χ4v) is 2.62.